The molecule has 2 aromatic rings. The van der Waals surface area contributed by atoms with Crippen LogP contribution in [0.25, 0.3) is 0 Å². The smallest absolute Gasteiger partial charge is 0.282 e. The van der Waals surface area contributed by atoms with Crippen molar-refractivity contribution in [3.8, 4) is 0 Å². The van der Waals surface area contributed by atoms with Crippen molar-refractivity contribution in [3.63, 3.8) is 0 Å². The van der Waals surface area contributed by atoms with E-state index >= 15 is 0 Å². The summed E-state index contributed by atoms with van der Waals surface area (Å²) in [5, 5.41) is 10.8. The number of nitrogens with zero attached hydrogens (tertiary/aromatic N) is 2. The first kappa shape index (κ1) is 11.7. The Balaban J connectivity index is 2.53. The van der Waals surface area contributed by atoms with E-state index in [0.717, 1.165) is 4.57 Å². The maximum Gasteiger partial charge on any atom is 0.282 e. The van der Waals surface area contributed by atoms with Crippen LogP contribution in [0.2, 0.25) is 0 Å². The van der Waals surface area contributed by atoms with Crippen LogP contribution < -0.4 is 0 Å². The van der Waals surface area contributed by atoms with Gasteiger partial charge in [0, 0.05) is 12.3 Å². The molecule has 18 heavy (non-hydrogen) atoms. The lowest BCUT2D eigenvalue weighted by Crippen LogP contribution is -2.15. The van der Waals surface area contributed by atoms with Crippen molar-refractivity contribution in [2.75, 3.05) is 0 Å². The quantitative estimate of drug-likeness (QED) is 0.469. The molecule has 0 bridgehead atoms. The van der Waals surface area contributed by atoms with Gasteiger partial charge in [0.05, 0.1) is 10.6 Å². The number of nitro benzene ring substituents is 1. The van der Waals surface area contributed by atoms with E-state index in [1.807, 2.05) is 0 Å². The molecular weight excluding hydrogens is 236 g/mol. The van der Waals surface area contributed by atoms with Gasteiger partial charge < -0.3 is 0 Å². The van der Waals surface area contributed by atoms with Gasteiger partial charge in [-0.15, -0.1) is 0 Å². The number of hydrogen-bond donors (Lipinski definition) is 0. The molecule has 0 saturated carbocycles. The van der Waals surface area contributed by atoms with Crippen LogP contribution in [0.15, 0.2) is 42.6 Å². The van der Waals surface area contributed by atoms with E-state index in [9.17, 15) is 19.7 Å². The number of aromatic nitrogens is 1. The third-order valence-electron chi connectivity index (χ3n) is 2.45. The molecule has 0 radical (unpaired) electrons. The second kappa shape index (κ2) is 4.62. The van der Waals surface area contributed by atoms with E-state index in [-0.39, 0.29) is 16.9 Å². The lowest BCUT2D eigenvalue weighted by molar-refractivity contribution is -0.385. The molecular formula is C12H8N2O4. The molecule has 0 aliphatic carbocycles. The number of para-hydroxylation sites is 1. The van der Waals surface area contributed by atoms with Crippen molar-refractivity contribution in [1.29, 1.82) is 0 Å². The van der Waals surface area contributed by atoms with E-state index in [1.54, 1.807) is 0 Å². The molecule has 0 N–H and O–H groups in total. The molecule has 1 aromatic carbocycles. The zero-order valence-electron chi connectivity index (χ0n) is 9.15. The van der Waals surface area contributed by atoms with Crippen LogP contribution in [0.1, 0.15) is 20.8 Å². The molecule has 1 heterocycles. The molecule has 2 rings (SSSR count). The topological polar surface area (TPSA) is 82.2 Å². The Hall–Kier alpha value is -2.76. The molecule has 90 valence electrons. The fourth-order valence-electron chi connectivity index (χ4n) is 1.62. The molecule has 0 aliphatic heterocycles. The third-order valence-corrected chi connectivity index (χ3v) is 2.45. The summed E-state index contributed by atoms with van der Waals surface area (Å²) < 4.78 is 1.08. The first-order chi connectivity index (χ1) is 8.65. The van der Waals surface area contributed by atoms with Gasteiger partial charge in [0.15, 0.2) is 6.29 Å². The predicted octanol–water partition coefficient (Wildman–Crippen LogP) is 1.90. The summed E-state index contributed by atoms with van der Waals surface area (Å²) in [5.41, 5.74) is -0.187. The van der Waals surface area contributed by atoms with Gasteiger partial charge in [0.2, 0.25) is 0 Å². The van der Waals surface area contributed by atoms with E-state index in [2.05, 4.69) is 0 Å². The molecule has 1 aromatic heterocycles. The summed E-state index contributed by atoms with van der Waals surface area (Å²) in [4.78, 5) is 33.0. The van der Waals surface area contributed by atoms with Crippen molar-refractivity contribution in [1.82, 2.24) is 4.57 Å². The first-order valence-corrected chi connectivity index (χ1v) is 5.06. The SMILES string of the molecule is O=Cc1cccn1C(=O)c1ccccc1[N+](=O)[O-]. The fraction of sp³-hybridized carbons (Fsp3) is 0. The molecule has 0 amide bonds. The molecule has 6 nitrogen and oxygen atoms in total. The average molecular weight is 244 g/mol. The lowest BCUT2D eigenvalue weighted by Gasteiger charge is -2.04. The monoisotopic (exact) mass is 244 g/mol. The maximum absolute atomic E-state index is 12.1. The third kappa shape index (κ3) is 1.91. The van der Waals surface area contributed by atoms with Crippen molar-refractivity contribution in [2.45, 2.75) is 0 Å². The van der Waals surface area contributed by atoms with Crippen LogP contribution in [0, 0.1) is 10.1 Å². The number of nitro groups is 1. The minimum absolute atomic E-state index is 0.0539. The largest absolute Gasteiger partial charge is 0.296 e. The van der Waals surface area contributed by atoms with Gasteiger partial charge >= 0.3 is 0 Å². The van der Waals surface area contributed by atoms with Crippen LogP contribution in [0.4, 0.5) is 5.69 Å². The van der Waals surface area contributed by atoms with Crippen molar-refractivity contribution < 1.29 is 14.5 Å². The molecule has 0 aliphatic rings. The van der Waals surface area contributed by atoms with Gasteiger partial charge in [-0.2, -0.15) is 0 Å². The Kier molecular flexibility index (Phi) is 3.01. The van der Waals surface area contributed by atoms with E-state index in [1.165, 1.54) is 42.6 Å². The van der Waals surface area contributed by atoms with E-state index < -0.39 is 10.8 Å². The highest BCUT2D eigenvalue weighted by atomic mass is 16.6. The predicted molar refractivity (Wildman–Crippen MR) is 62.6 cm³/mol. The highest BCUT2D eigenvalue weighted by molar-refractivity contribution is 6.01. The Bertz CT molecular complexity index is 631. The van der Waals surface area contributed by atoms with Gasteiger partial charge in [-0.25, -0.2) is 0 Å². The van der Waals surface area contributed by atoms with Gasteiger partial charge in [0.25, 0.3) is 11.6 Å². The summed E-state index contributed by atoms with van der Waals surface area (Å²) in [6.07, 6.45) is 1.91. The molecule has 0 saturated heterocycles. The summed E-state index contributed by atoms with van der Waals surface area (Å²) in [6, 6.07) is 8.60. The van der Waals surface area contributed by atoms with Gasteiger partial charge in [-0.1, -0.05) is 12.1 Å². The summed E-state index contributed by atoms with van der Waals surface area (Å²) >= 11 is 0. The summed E-state index contributed by atoms with van der Waals surface area (Å²) in [7, 11) is 0. The lowest BCUT2D eigenvalue weighted by atomic mass is 10.1. The Morgan fingerprint density at radius 2 is 1.94 bits per heavy atom. The standard InChI is InChI=1S/C12H8N2O4/c15-8-9-4-3-7-13(9)12(16)10-5-1-2-6-11(10)14(17)18/h1-8H. The number of carbonyl (C=O) groups excluding carboxylic acids is 2. The van der Waals surface area contributed by atoms with Crippen LogP contribution >= 0.6 is 0 Å². The van der Waals surface area contributed by atoms with Gasteiger partial charge in [-0.3, -0.25) is 24.3 Å². The zero-order valence-corrected chi connectivity index (χ0v) is 9.15. The van der Waals surface area contributed by atoms with E-state index in [4.69, 9.17) is 0 Å². The normalized spacial score (nSPS) is 10.0. The highest BCUT2D eigenvalue weighted by Crippen LogP contribution is 2.19. The minimum Gasteiger partial charge on any atom is -0.296 e. The molecule has 0 unspecified atom stereocenters. The Labute approximate surface area is 102 Å². The Morgan fingerprint density at radius 3 is 2.61 bits per heavy atom. The van der Waals surface area contributed by atoms with Crippen molar-refractivity contribution in [3.05, 3.63) is 64.0 Å². The number of hydrogen-bond acceptors (Lipinski definition) is 4. The highest BCUT2D eigenvalue weighted by Gasteiger charge is 2.21. The minimum atomic E-state index is -0.628. The van der Waals surface area contributed by atoms with Crippen LogP contribution in [0.3, 0.4) is 0 Å². The van der Waals surface area contributed by atoms with Crippen LogP contribution in [-0.4, -0.2) is 21.7 Å². The zero-order chi connectivity index (χ0) is 13.1. The second-order valence-corrected chi connectivity index (χ2v) is 3.50. The van der Waals surface area contributed by atoms with Gasteiger partial charge in [0.1, 0.15) is 5.56 Å². The maximum atomic E-state index is 12.1. The number of aldehydes is 1. The Morgan fingerprint density at radius 1 is 1.22 bits per heavy atom. The van der Waals surface area contributed by atoms with Crippen LogP contribution in [-0.2, 0) is 0 Å². The number of rotatable bonds is 3. The van der Waals surface area contributed by atoms with Crippen molar-refractivity contribution in [2.24, 2.45) is 0 Å². The summed E-state index contributed by atoms with van der Waals surface area (Å²) in [5.74, 6) is -0.602. The molecule has 6 heteroatoms. The first-order valence-electron chi connectivity index (χ1n) is 5.06. The average Bonchev–Trinajstić information content (AvgIpc) is 2.86. The second-order valence-electron chi connectivity index (χ2n) is 3.50. The summed E-state index contributed by atoms with van der Waals surface area (Å²) in [6.45, 7) is 0. The number of carbonyl (C=O) groups is 2. The van der Waals surface area contributed by atoms with E-state index in [0.29, 0.717) is 6.29 Å². The number of benzene rings is 1. The molecule has 0 fully saturated rings. The van der Waals surface area contributed by atoms with Crippen LogP contribution in [0.5, 0.6) is 0 Å². The molecule has 0 atom stereocenters. The van der Waals surface area contributed by atoms with Crippen molar-refractivity contribution >= 4 is 17.9 Å². The van der Waals surface area contributed by atoms with Gasteiger partial charge in [-0.05, 0) is 18.2 Å². The fourth-order valence-corrected chi connectivity index (χ4v) is 1.62. The molecule has 0 spiro atoms.